The van der Waals surface area contributed by atoms with E-state index in [0.717, 1.165) is 10.4 Å². The molecule has 0 amide bonds. The molecule has 0 aromatic carbocycles. The summed E-state index contributed by atoms with van der Waals surface area (Å²) in [5.41, 5.74) is 0. The van der Waals surface area contributed by atoms with Gasteiger partial charge in [0.1, 0.15) is 0 Å². The summed E-state index contributed by atoms with van der Waals surface area (Å²) in [6, 6.07) is 0. The van der Waals surface area contributed by atoms with Gasteiger partial charge in [0.25, 0.3) is 0 Å². The molecule has 0 aromatic heterocycles. The van der Waals surface area contributed by atoms with Crippen LogP contribution >= 0.6 is 0 Å². The van der Waals surface area contributed by atoms with Gasteiger partial charge in [-0.25, -0.2) is 0 Å². The monoisotopic (exact) mass is 116 g/mol. The molecule has 17 valence electrons. The summed E-state index contributed by atoms with van der Waals surface area (Å²) in [6.07, 6.45) is 0. The van der Waals surface area contributed by atoms with Crippen LogP contribution in [0.3, 0.4) is 0 Å². The topological polar surface area (TPSA) is 26.0 Å². The van der Waals surface area contributed by atoms with Crippen molar-refractivity contribution in [3.05, 3.63) is 0 Å². The van der Waals surface area contributed by atoms with Crippen molar-refractivity contribution in [2.75, 3.05) is 0 Å². The first-order chi connectivity index (χ1) is 1.00. The molecule has 0 aliphatic rings. The van der Waals surface area contributed by atoms with Crippen molar-refractivity contribution in [2.45, 2.75) is 0 Å². The van der Waals surface area contributed by atoms with E-state index >= 15 is 0 Å². The van der Waals surface area contributed by atoms with Crippen LogP contribution in [0.4, 0.5) is 0 Å². The first kappa shape index (κ1) is 24.1. The molecule has 0 spiro atoms. The first-order valence-electron chi connectivity index (χ1n) is 0.577. The molecule has 0 atom stereocenters. The van der Waals surface area contributed by atoms with Crippen LogP contribution in [-0.2, 0) is 0 Å². The van der Waals surface area contributed by atoms with Crippen molar-refractivity contribution in [3.63, 3.8) is 0 Å². The number of rotatable bonds is 0. The van der Waals surface area contributed by atoms with Crippen LogP contribution in [-0.4, -0.2) is 99.1 Å². The maximum absolute atomic E-state index is 4.64. The van der Waals surface area contributed by atoms with Crippen LogP contribution in [0, 0.1) is 0 Å². The Balaban J connectivity index is -0.00000000167. The zero-order chi connectivity index (χ0) is 2.00. The van der Waals surface area contributed by atoms with Gasteiger partial charge < -0.3 is 5.40 Å². The zero-order valence-corrected chi connectivity index (χ0v) is 12.6. The van der Waals surface area contributed by atoms with Crippen LogP contribution in [0.1, 0.15) is 0 Å². The van der Waals surface area contributed by atoms with Gasteiger partial charge in [-0.2, -0.15) is 0 Å². The van der Waals surface area contributed by atoms with Crippen molar-refractivity contribution >= 4 is 99.1 Å². The second-order valence-electron chi connectivity index (χ2n) is 0. The largest absolute Gasteiger partial charge is 0.358 e. The van der Waals surface area contributed by atoms with Gasteiger partial charge in [-0.15, -0.1) is 0 Å². The molecule has 1 nitrogen and oxygen atoms in total. The summed E-state index contributed by atoms with van der Waals surface area (Å²) in [4.78, 5) is 0. The van der Waals surface area contributed by atoms with Crippen LogP contribution in [0.25, 0.3) is 0 Å². The Morgan fingerprint density at radius 1 is 0.800 bits per heavy atom. The van der Waals surface area contributed by atoms with Crippen molar-refractivity contribution in [1.82, 2.24) is 0 Å². The van der Waals surface area contributed by atoms with Gasteiger partial charge in [0, 0.05) is 88.7 Å². The third-order valence-electron chi connectivity index (χ3n) is 0. The fourth-order valence-electron chi connectivity index (χ4n) is 0. The van der Waals surface area contributed by atoms with Crippen molar-refractivity contribution in [2.24, 2.45) is 5.40 Å². The van der Waals surface area contributed by atoms with Gasteiger partial charge in [-0.3, -0.25) is 0 Å². The van der Waals surface area contributed by atoms with Crippen molar-refractivity contribution in [1.29, 1.82) is 0 Å². The average molecular weight is 116 g/mol. The molecule has 0 aliphatic carbocycles. The molecule has 5 heteroatoms. The van der Waals surface area contributed by atoms with Crippen molar-refractivity contribution in [3.8, 4) is 0 Å². The third kappa shape index (κ3) is 19.1. The molecule has 0 fully saturated rings. The van der Waals surface area contributed by atoms with Crippen LogP contribution in [0.2, 0.25) is 0 Å². The fraction of sp³-hybridized carbons (Fsp3) is 0. The standard InChI is InChI=1S/H5NSi.3Na/c1-2;;;/h1H2,2H3;;;. The molecular weight excluding hydrogens is 111 g/mol. The van der Waals surface area contributed by atoms with Crippen LogP contribution in [0.5, 0.6) is 0 Å². The maximum atomic E-state index is 4.64. The van der Waals surface area contributed by atoms with Gasteiger partial charge in [-0.1, -0.05) is 0 Å². The van der Waals surface area contributed by atoms with E-state index in [9.17, 15) is 0 Å². The smallest absolute Gasteiger partial charge is 0.0716 e. The SMILES string of the molecule is N[SiH3].[Na].[Na].[Na]. The Hall–Kier alpha value is 3.18. The van der Waals surface area contributed by atoms with Crippen molar-refractivity contribution < 1.29 is 0 Å². The Bertz CT molecular complexity index is 6.85. The van der Waals surface area contributed by atoms with Crippen LogP contribution in [0.15, 0.2) is 0 Å². The van der Waals surface area contributed by atoms with E-state index < -0.39 is 0 Å². The molecule has 0 aromatic rings. The van der Waals surface area contributed by atoms with E-state index in [1.807, 2.05) is 0 Å². The predicted octanol–water partition coefficient (Wildman–Crippen LogP) is -2.92. The third-order valence-corrected chi connectivity index (χ3v) is 0. The molecule has 0 unspecified atom stereocenters. The van der Waals surface area contributed by atoms with Gasteiger partial charge in [0.2, 0.25) is 0 Å². The fourth-order valence-corrected chi connectivity index (χ4v) is 0. The van der Waals surface area contributed by atoms with Crippen LogP contribution < -0.4 is 5.40 Å². The molecule has 0 saturated heterocycles. The van der Waals surface area contributed by atoms with Gasteiger partial charge in [-0.05, 0) is 0 Å². The molecule has 0 rings (SSSR count). The number of nitrogens with two attached hydrogens (primary N) is 1. The molecule has 2 N–H and O–H groups in total. The van der Waals surface area contributed by atoms with E-state index in [-0.39, 0.29) is 88.7 Å². The summed E-state index contributed by atoms with van der Waals surface area (Å²) < 4.78 is 0. The van der Waals surface area contributed by atoms with E-state index in [4.69, 9.17) is 0 Å². The summed E-state index contributed by atoms with van der Waals surface area (Å²) in [5.74, 6) is 0. The molecule has 0 bridgehead atoms. The second-order valence-corrected chi connectivity index (χ2v) is 0. The Morgan fingerprint density at radius 2 is 0.800 bits per heavy atom. The number of hydrogen-bond donors (Lipinski definition) is 1. The minimum atomic E-state index is 0. The molecule has 5 heavy (non-hydrogen) atoms. The van der Waals surface area contributed by atoms with Gasteiger partial charge >= 0.3 is 0 Å². The second kappa shape index (κ2) is 27.1. The minimum Gasteiger partial charge on any atom is -0.358 e. The average Bonchev–Trinajstić information content (AvgIpc) is 1.00. The Kier molecular flexibility index (Phi) is 131. The maximum Gasteiger partial charge on any atom is 0.0716 e. The minimum absolute atomic E-state index is 0. The Morgan fingerprint density at radius 3 is 0.800 bits per heavy atom. The van der Waals surface area contributed by atoms with Gasteiger partial charge in [0.15, 0.2) is 0 Å². The molecule has 0 saturated carbocycles. The Labute approximate surface area is 102 Å². The summed E-state index contributed by atoms with van der Waals surface area (Å²) >= 11 is 0. The quantitative estimate of drug-likeness (QED) is 0.337. The molecule has 3 radical (unpaired) electrons. The van der Waals surface area contributed by atoms with Gasteiger partial charge in [0.05, 0.1) is 10.4 Å². The summed E-state index contributed by atoms with van der Waals surface area (Å²) in [6.45, 7) is 0. The normalized spacial score (nSPS) is 1.80. The zero-order valence-electron chi connectivity index (χ0n) is 4.58. The molecular formula is H5NNa3Si. The van der Waals surface area contributed by atoms with E-state index in [2.05, 4.69) is 5.40 Å². The number of hydrogen-bond acceptors (Lipinski definition) is 1. The van der Waals surface area contributed by atoms with E-state index in [0.29, 0.717) is 0 Å². The predicted molar refractivity (Wildman–Crippen MR) is 31.4 cm³/mol. The van der Waals surface area contributed by atoms with E-state index in [1.54, 1.807) is 0 Å². The molecule has 0 aliphatic heterocycles. The summed E-state index contributed by atoms with van der Waals surface area (Å²) in [5, 5.41) is 4.64. The van der Waals surface area contributed by atoms with E-state index in [1.165, 1.54) is 0 Å². The summed E-state index contributed by atoms with van der Waals surface area (Å²) in [7, 11) is 0.806. The molecule has 0 heterocycles. The first-order valence-corrected chi connectivity index (χ1v) is 1.73.